The average Bonchev–Trinajstić information content (AvgIpc) is 2.68. The zero-order valence-corrected chi connectivity index (χ0v) is 13.4. The summed E-state index contributed by atoms with van der Waals surface area (Å²) in [6.07, 6.45) is 0. The Hall–Kier alpha value is -1.81. The van der Waals surface area contributed by atoms with E-state index >= 15 is 0 Å². The van der Waals surface area contributed by atoms with Crippen LogP contribution < -0.4 is 4.74 Å². The molecule has 0 bridgehead atoms. The van der Waals surface area contributed by atoms with E-state index in [9.17, 15) is 4.79 Å². The van der Waals surface area contributed by atoms with Crippen LogP contribution in [0.1, 0.15) is 21.5 Å². The third-order valence-electron chi connectivity index (χ3n) is 3.59. The molecule has 0 saturated carbocycles. The quantitative estimate of drug-likeness (QED) is 0.786. The summed E-state index contributed by atoms with van der Waals surface area (Å²) in [6, 6.07) is 13.7. The van der Waals surface area contributed by atoms with Crippen molar-refractivity contribution >= 4 is 21.8 Å². The number of hydrogen-bond donors (Lipinski definition) is 0. The van der Waals surface area contributed by atoms with E-state index in [1.807, 2.05) is 54.3 Å². The van der Waals surface area contributed by atoms with Gasteiger partial charge in [-0.3, -0.25) is 4.79 Å². The minimum atomic E-state index is 0.0298. The Kier molecular flexibility index (Phi) is 3.97. The largest absolute Gasteiger partial charge is 0.491 e. The van der Waals surface area contributed by atoms with Crippen LogP contribution in [0.5, 0.6) is 5.75 Å². The fourth-order valence-electron chi connectivity index (χ4n) is 2.46. The van der Waals surface area contributed by atoms with E-state index in [1.54, 1.807) is 0 Å². The summed E-state index contributed by atoms with van der Waals surface area (Å²) >= 11 is 3.49. The number of amides is 1. The van der Waals surface area contributed by atoms with Gasteiger partial charge in [0.1, 0.15) is 12.4 Å². The Balaban J connectivity index is 1.88. The molecule has 0 aromatic heterocycles. The number of nitrogens with zero attached hydrogens (tertiary/aromatic N) is 1. The van der Waals surface area contributed by atoms with Gasteiger partial charge in [0, 0.05) is 16.6 Å². The van der Waals surface area contributed by atoms with E-state index in [2.05, 4.69) is 15.9 Å². The lowest BCUT2D eigenvalue weighted by Gasteiger charge is -2.20. The number of halogens is 1. The Bertz CT molecular complexity index is 684. The highest BCUT2D eigenvalue weighted by atomic mass is 79.9. The average molecular weight is 346 g/mol. The standard InChI is InChI=1S/C17H16BrNO2/c1-12-6-7-14(15(18)10-12)17(20)19-8-9-21-16-5-3-2-4-13(16)11-19/h2-7,10H,8-9,11H2,1H3. The van der Waals surface area contributed by atoms with Crippen molar-refractivity contribution in [2.75, 3.05) is 13.2 Å². The number of rotatable bonds is 1. The number of carbonyl (C=O) groups excluding carboxylic acids is 1. The van der Waals surface area contributed by atoms with E-state index < -0.39 is 0 Å². The molecule has 0 fully saturated rings. The second-order valence-corrected chi connectivity index (χ2v) is 6.02. The number of fused-ring (bicyclic) bond motifs is 1. The molecule has 1 aliphatic rings. The van der Waals surface area contributed by atoms with Crippen LogP contribution in [0.4, 0.5) is 0 Å². The van der Waals surface area contributed by atoms with Gasteiger partial charge in [-0.25, -0.2) is 0 Å². The molecule has 0 saturated heterocycles. The molecule has 3 nitrogen and oxygen atoms in total. The summed E-state index contributed by atoms with van der Waals surface area (Å²) in [6.45, 7) is 3.70. The summed E-state index contributed by atoms with van der Waals surface area (Å²) < 4.78 is 6.55. The van der Waals surface area contributed by atoms with Gasteiger partial charge in [0.25, 0.3) is 5.91 Å². The SMILES string of the molecule is Cc1ccc(C(=O)N2CCOc3ccccc3C2)c(Br)c1. The predicted molar refractivity (Wildman–Crippen MR) is 85.6 cm³/mol. The van der Waals surface area contributed by atoms with Crippen molar-refractivity contribution in [3.05, 3.63) is 63.6 Å². The van der Waals surface area contributed by atoms with Gasteiger partial charge >= 0.3 is 0 Å². The normalized spacial score (nSPS) is 14.1. The van der Waals surface area contributed by atoms with Crippen LogP contribution in [0, 0.1) is 6.92 Å². The molecule has 21 heavy (non-hydrogen) atoms. The molecule has 0 N–H and O–H groups in total. The fraction of sp³-hybridized carbons (Fsp3) is 0.235. The molecule has 4 heteroatoms. The number of benzene rings is 2. The van der Waals surface area contributed by atoms with Crippen molar-refractivity contribution in [3.8, 4) is 5.75 Å². The molecular weight excluding hydrogens is 330 g/mol. The molecule has 3 rings (SSSR count). The number of carbonyl (C=O) groups is 1. The number of ether oxygens (including phenoxy) is 1. The fourth-order valence-corrected chi connectivity index (χ4v) is 3.13. The lowest BCUT2D eigenvalue weighted by atomic mass is 10.1. The van der Waals surface area contributed by atoms with Crippen molar-refractivity contribution < 1.29 is 9.53 Å². The lowest BCUT2D eigenvalue weighted by Crippen LogP contribution is -2.32. The highest BCUT2D eigenvalue weighted by Gasteiger charge is 2.22. The van der Waals surface area contributed by atoms with E-state index in [4.69, 9.17) is 4.74 Å². The summed E-state index contributed by atoms with van der Waals surface area (Å²) in [4.78, 5) is 14.6. The Labute approximate surface area is 132 Å². The van der Waals surface area contributed by atoms with Crippen molar-refractivity contribution in [2.24, 2.45) is 0 Å². The molecular formula is C17H16BrNO2. The number of hydrogen-bond acceptors (Lipinski definition) is 2. The van der Waals surface area contributed by atoms with Gasteiger partial charge in [-0.2, -0.15) is 0 Å². The third-order valence-corrected chi connectivity index (χ3v) is 4.25. The number of aryl methyl sites for hydroxylation is 1. The third kappa shape index (κ3) is 2.95. The monoisotopic (exact) mass is 345 g/mol. The molecule has 2 aromatic carbocycles. The molecule has 108 valence electrons. The van der Waals surface area contributed by atoms with Crippen molar-refractivity contribution in [2.45, 2.75) is 13.5 Å². The maximum atomic E-state index is 12.7. The van der Waals surface area contributed by atoms with Crippen LogP contribution in [-0.2, 0) is 6.54 Å². The summed E-state index contributed by atoms with van der Waals surface area (Å²) in [7, 11) is 0. The van der Waals surface area contributed by atoms with Gasteiger partial charge in [-0.05, 0) is 46.6 Å². The first-order valence-electron chi connectivity index (χ1n) is 6.91. The predicted octanol–water partition coefficient (Wildman–Crippen LogP) is 3.79. The second kappa shape index (κ2) is 5.90. The maximum absolute atomic E-state index is 12.7. The molecule has 0 unspecified atom stereocenters. The Morgan fingerprint density at radius 2 is 2.05 bits per heavy atom. The Morgan fingerprint density at radius 1 is 1.24 bits per heavy atom. The van der Waals surface area contributed by atoms with Gasteiger partial charge < -0.3 is 9.64 Å². The first-order chi connectivity index (χ1) is 10.1. The van der Waals surface area contributed by atoms with E-state index in [0.29, 0.717) is 25.3 Å². The molecule has 1 heterocycles. The van der Waals surface area contributed by atoms with Crippen LogP contribution in [0.2, 0.25) is 0 Å². The van der Waals surface area contributed by atoms with E-state index in [1.165, 1.54) is 0 Å². The zero-order chi connectivity index (χ0) is 14.8. The van der Waals surface area contributed by atoms with Gasteiger partial charge in [0.05, 0.1) is 12.1 Å². The molecule has 1 amide bonds. The van der Waals surface area contributed by atoms with Gasteiger partial charge in [-0.15, -0.1) is 0 Å². The van der Waals surface area contributed by atoms with Crippen LogP contribution in [0.3, 0.4) is 0 Å². The molecule has 0 spiro atoms. The van der Waals surface area contributed by atoms with E-state index in [0.717, 1.165) is 21.3 Å². The van der Waals surface area contributed by atoms with Gasteiger partial charge in [0.15, 0.2) is 0 Å². The summed E-state index contributed by atoms with van der Waals surface area (Å²) in [5, 5.41) is 0. The molecule has 0 aliphatic carbocycles. The minimum Gasteiger partial charge on any atom is -0.491 e. The smallest absolute Gasteiger partial charge is 0.255 e. The maximum Gasteiger partial charge on any atom is 0.255 e. The highest BCUT2D eigenvalue weighted by molar-refractivity contribution is 9.10. The number of para-hydroxylation sites is 1. The molecule has 0 atom stereocenters. The van der Waals surface area contributed by atoms with Gasteiger partial charge in [0.2, 0.25) is 0 Å². The summed E-state index contributed by atoms with van der Waals surface area (Å²) in [5.41, 5.74) is 2.87. The molecule has 1 aliphatic heterocycles. The van der Waals surface area contributed by atoms with Crippen LogP contribution in [0.25, 0.3) is 0 Å². The van der Waals surface area contributed by atoms with Crippen LogP contribution in [-0.4, -0.2) is 24.0 Å². The highest BCUT2D eigenvalue weighted by Crippen LogP contribution is 2.25. The van der Waals surface area contributed by atoms with Crippen molar-refractivity contribution in [1.29, 1.82) is 0 Å². The first-order valence-corrected chi connectivity index (χ1v) is 7.70. The first kappa shape index (κ1) is 14.1. The topological polar surface area (TPSA) is 29.5 Å². The Morgan fingerprint density at radius 3 is 2.86 bits per heavy atom. The van der Waals surface area contributed by atoms with E-state index in [-0.39, 0.29) is 5.91 Å². The zero-order valence-electron chi connectivity index (χ0n) is 11.8. The summed E-state index contributed by atoms with van der Waals surface area (Å²) in [5.74, 6) is 0.901. The minimum absolute atomic E-state index is 0.0298. The second-order valence-electron chi connectivity index (χ2n) is 5.17. The van der Waals surface area contributed by atoms with Crippen molar-refractivity contribution in [1.82, 2.24) is 4.90 Å². The van der Waals surface area contributed by atoms with Gasteiger partial charge in [-0.1, -0.05) is 24.3 Å². The molecule has 0 radical (unpaired) electrons. The van der Waals surface area contributed by atoms with Crippen molar-refractivity contribution in [3.63, 3.8) is 0 Å². The van der Waals surface area contributed by atoms with Crippen LogP contribution in [0.15, 0.2) is 46.9 Å². The molecule has 2 aromatic rings. The lowest BCUT2D eigenvalue weighted by molar-refractivity contribution is 0.0732. The van der Waals surface area contributed by atoms with Crippen LogP contribution >= 0.6 is 15.9 Å².